The number of aliphatic carboxylic acids is 1. The van der Waals surface area contributed by atoms with Crippen molar-refractivity contribution in [1.82, 2.24) is 5.32 Å². The van der Waals surface area contributed by atoms with Gasteiger partial charge in [-0.3, -0.25) is 9.59 Å². The fraction of sp³-hybridized carbons (Fsp3) is 0.467. The van der Waals surface area contributed by atoms with Crippen molar-refractivity contribution in [3.63, 3.8) is 0 Å². The van der Waals surface area contributed by atoms with E-state index < -0.39 is 5.97 Å². The molecule has 4 nitrogen and oxygen atoms in total. The molecule has 0 saturated carbocycles. The normalized spacial score (nSPS) is 11.9. The molecule has 0 fully saturated rings. The van der Waals surface area contributed by atoms with Crippen LogP contribution in [-0.4, -0.2) is 28.8 Å². The minimum absolute atomic E-state index is 0.0264. The molecule has 0 spiro atoms. The number of halogens is 1. The number of carboxylic acids is 1. The van der Waals surface area contributed by atoms with Crippen LogP contribution in [-0.2, 0) is 15.3 Å². The summed E-state index contributed by atoms with van der Waals surface area (Å²) < 4.78 is 0. The summed E-state index contributed by atoms with van der Waals surface area (Å²) in [7, 11) is 0. The van der Waals surface area contributed by atoms with Crippen molar-refractivity contribution < 1.29 is 14.7 Å². The number of carbonyl (C=O) groups excluding carboxylic acids is 1. The quantitative estimate of drug-likeness (QED) is 0.729. The van der Waals surface area contributed by atoms with E-state index in [0.717, 1.165) is 17.7 Å². The molecule has 1 rings (SSSR count). The van der Waals surface area contributed by atoms with Crippen LogP contribution < -0.4 is 5.32 Å². The lowest BCUT2D eigenvalue weighted by Crippen LogP contribution is -2.37. The first-order chi connectivity index (χ1) is 10.0. The van der Waals surface area contributed by atoms with Crippen molar-refractivity contribution in [1.29, 1.82) is 0 Å². The van der Waals surface area contributed by atoms with Crippen molar-refractivity contribution in [3.05, 3.63) is 34.9 Å². The highest BCUT2D eigenvalue weighted by Crippen LogP contribution is 2.15. The molecule has 1 aromatic carbocycles. The Kier molecular flexibility index (Phi) is 8.23. The van der Waals surface area contributed by atoms with Gasteiger partial charge in [0.2, 0.25) is 5.91 Å². The van der Waals surface area contributed by atoms with Crippen LogP contribution in [0.2, 0.25) is 5.02 Å². The van der Waals surface area contributed by atoms with E-state index in [9.17, 15) is 9.59 Å². The molecule has 6 heteroatoms. The summed E-state index contributed by atoms with van der Waals surface area (Å²) in [4.78, 5) is 22.5. The second-order valence-corrected chi connectivity index (χ2v) is 6.19. The van der Waals surface area contributed by atoms with Crippen molar-refractivity contribution in [3.8, 4) is 0 Å². The maximum absolute atomic E-state index is 11.8. The Morgan fingerprint density at radius 2 is 2.00 bits per heavy atom. The molecule has 0 heterocycles. The first kappa shape index (κ1) is 17.9. The number of thioether (sulfide) groups is 1. The second kappa shape index (κ2) is 9.68. The van der Waals surface area contributed by atoms with Gasteiger partial charge in [-0.15, -0.1) is 11.8 Å². The summed E-state index contributed by atoms with van der Waals surface area (Å²) in [6.07, 6.45) is 1.50. The first-order valence-corrected chi connectivity index (χ1v) is 8.38. The molecule has 1 unspecified atom stereocenters. The zero-order valence-electron chi connectivity index (χ0n) is 12.0. The third-order valence-corrected chi connectivity index (χ3v) is 4.09. The van der Waals surface area contributed by atoms with Gasteiger partial charge in [0, 0.05) is 16.8 Å². The van der Waals surface area contributed by atoms with E-state index in [4.69, 9.17) is 16.7 Å². The van der Waals surface area contributed by atoms with Crippen LogP contribution >= 0.6 is 23.4 Å². The van der Waals surface area contributed by atoms with E-state index in [1.807, 2.05) is 31.2 Å². The Balaban J connectivity index is 2.31. The number of carboxylic acid groups (broad SMARTS) is 1. The first-order valence-electron chi connectivity index (χ1n) is 6.84. The minimum Gasteiger partial charge on any atom is -0.481 e. The van der Waals surface area contributed by atoms with Gasteiger partial charge in [0.15, 0.2) is 0 Å². The Morgan fingerprint density at radius 1 is 1.33 bits per heavy atom. The monoisotopic (exact) mass is 329 g/mol. The van der Waals surface area contributed by atoms with Crippen LogP contribution in [0.25, 0.3) is 0 Å². The van der Waals surface area contributed by atoms with Gasteiger partial charge in [0.05, 0.1) is 12.2 Å². The van der Waals surface area contributed by atoms with Crippen molar-refractivity contribution in [2.24, 2.45) is 0 Å². The van der Waals surface area contributed by atoms with Gasteiger partial charge < -0.3 is 10.4 Å². The molecule has 0 aliphatic carbocycles. The molecule has 1 aromatic rings. The number of amides is 1. The molecule has 0 aromatic heterocycles. The summed E-state index contributed by atoms with van der Waals surface area (Å²) in [6.45, 7) is 1.97. The summed E-state index contributed by atoms with van der Waals surface area (Å²) in [5, 5.41) is 12.3. The number of hydrogen-bond donors (Lipinski definition) is 2. The molecule has 0 aliphatic heterocycles. The smallest absolute Gasteiger partial charge is 0.305 e. The van der Waals surface area contributed by atoms with Crippen molar-refractivity contribution in [2.45, 2.75) is 38.0 Å². The lowest BCUT2D eigenvalue weighted by molar-refractivity contribution is -0.137. The largest absolute Gasteiger partial charge is 0.481 e. The highest BCUT2D eigenvalue weighted by atomic mass is 35.5. The standard InChI is InChI=1S/C15H20ClNO3S/c1-2-3-13(8-15(19)20)17-14(18)10-21-9-11-4-6-12(16)7-5-11/h4-7,13H,2-3,8-10H2,1H3,(H,17,18)(H,19,20). The summed E-state index contributed by atoms with van der Waals surface area (Å²) in [6, 6.07) is 7.22. The molecule has 0 radical (unpaired) electrons. The second-order valence-electron chi connectivity index (χ2n) is 4.77. The molecule has 1 atom stereocenters. The predicted molar refractivity (Wildman–Crippen MR) is 86.7 cm³/mol. The number of hydrogen-bond acceptors (Lipinski definition) is 3. The van der Waals surface area contributed by atoms with E-state index in [0.29, 0.717) is 17.2 Å². The lowest BCUT2D eigenvalue weighted by atomic mass is 10.1. The number of nitrogens with one attached hydrogen (secondary N) is 1. The molecule has 0 bridgehead atoms. The van der Waals surface area contributed by atoms with Crippen LogP contribution in [0, 0.1) is 0 Å². The van der Waals surface area contributed by atoms with Crippen molar-refractivity contribution >= 4 is 35.2 Å². The van der Waals surface area contributed by atoms with Crippen LogP contribution in [0.15, 0.2) is 24.3 Å². The molecule has 1 amide bonds. The van der Waals surface area contributed by atoms with Crippen LogP contribution in [0.1, 0.15) is 31.7 Å². The molecule has 2 N–H and O–H groups in total. The average molecular weight is 330 g/mol. The topological polar surface area (TPSA) is 66.4 Å². The molecule has 0 saturated heterocycles. The van der Waals surface area contributed by atoms with E-state index in [2.05, 4.69) is 5.32 Å². The Hall–Kier alpha value is -1.20. The van der Waals surface area contributed by atoms with Gasteiger partial charge in [-0.2, -0.15) is 0 Å². The van der Waals surface area contributed by atoms with Gasteiger partial charge >= 0.3 is 5.97 Å². The van der Waals surface area contributed by atoms with E-state index in [1.54, 1.807) is 0 Å². The zero-order valence-corrected chi connectivity index (χ0v) is 13.5. The third kappa shape index (κ3) is 7.97. The van der Waals surface area contributed by atoms with E-state index in [1.165, 1.54) is 11.8 Å². The maximum atomic E-state index is 11.8. The average Bonchev–Trinajstić information content (AvgIpc) is 2.40. The SMILES string of the molecule is CCCC(CC(=O)O)NC(=O)CSCc1ccc(Cl)cc1. The Morgan fingerprint density at radius 3 is 2.57 bits per heavy atom. The summed E-state index contributed by atoms with van der Waals surface area (Å²) >= 11 is 7.30. The number of benzene rings is 1. The molecule has 116 valence electrons. The third-order valence-electron chi connectivity index (χ3n) is 2.84. The van der Waals surface area contributed by atoms with Crippen LogP contribution in [0.3, 0.4) is 0 Å². The Labute approximate surface area is 134 Å². The molecular weight excluding hydrogens is 310 g/mol. The highest BCUT2D eigenvalue weighted by Gasteiger charge is 2.14. The van der Waals surface area contributed by atoms with Crippen molar-refractivity contribution in [2.75, 3.05) is 5.75 Å². The maximum Gasteiger partial charge on any atom is 0.305 e. The fourth-order valence-corrected chi connectivity index (χ4v) is 2.82. The van der Waals surface area contributed by atoms with Gasteiger partial charge in [0.25, 0.3) is 0 Å². The summed E-state index contributed by atoms with van der Waals surface area (Å²) in [5.74, 6) is 0.0426. The lowest BCUT2D eigenvalue weighted by Gasteiger charge is -2.15. The molecular formula is C15H20ClNO3S. The predicted octanol–water partition coefficient (Wildman–Crippen LogP) is 3.33. The number of carbonyl (C=O) groups is 2. The Bertz CT molecular complexity index is 464. The zero-order chi connectivity index (χ0) is 15.7. The van der Waals surface area contributed by atoms with E-state index in [-0.39, 0.29) is 18.4 Å². The molecule has 21 heavy (non-hydrogen) atoms. The van der Waals surface area contributed by atoms with Gasteiger partial charge in [-0.25, -0.2) is 0 Å². The van der Waals surface area contributed by atoms with Gasteiger partial charge in [-0.05, 0) is 24.1 Å². The van der Waals surface area contributed by atoms with E-state index >= 15 is 0 Å². The summed E-state index contributed by atoms with van der Waals surface area (Å²) in [5.41, 5.74) is 1.10. The van der Waals surface area contributed by atoms with Gasteiger partial charge in [0.1, 0.15) is 0 Å². The van der Waals surface area contributed by atoms with Crippen LogP contribution in [0.4, 0.5) is 0 Å². The minimum atomic E-state index is -0.887. The fourth-order valence-electron chi connectivity index (χ4n) is 1.90. The molecule has 0 aliphatic rings. The van der Waals surface area contributed by atoms with Crippen LogP contribution in [0.5, 0.6) is 0 Å². The highest BCUT2D eigenvalue weighted by molar-refractivity contribution is 7.99. The van der Waals surface area contributed by atoms with Gasteiger partial charge in [-0.1, -0.05) is 37.1 Å². The number of rotatable bonds is 9.